The van der Waals surface area contributed by atoms with Crippen LogP contribution in [0.1, 0.15) is 23.8 Å². The number of carbonyl (C=O) groups excluding carboxylic acids is 1. The lowest BCUT2D eigenvalue weighted by molar-refractivity contribution is -0.147. The van der Waals surface area contributed by atoms with Crippen molar-refractivity contribution in [1.82, 2.24) is 9.88 Å². The van der Waals surface area contributed by atoms with Crippen molar-refractivity contribution in [3.8, 4) is 11.5 Å². The molecule has 1 amide bonds. The number of amides is 1. The molecule has 3 rings (SSSR count). The number of hydrogen-bond acceptors (Lipinski definition) is 4. The van der Waals surface area contributed by atoms with Gasteiger partial charge in [-0.1, -0.05) is 18.2 Å². The van der Waals surface area contributed by atoms with Gasteiger partial charge in [0.25, 0.3) is 5.91 Å². The number of aromatic nitrogens is 1. The number of oxazole rings is 1. The molecular weight excluding hydrogens is 284 g/mol. The van der Waals surface area contributed by atoms with Crippen LogP contribution in [0.3, 0.4) is 0 Å². The second-order valence-electron chi connectivity index (χ2n) is 5.75. The van der Waals surface area contributed by atoms with Crippen LogP contribution in [0, 0.1) is 5.41 Å². The van der Waals surface area contributed by atoms with Crippen LogP contribution in [0.4, 0.5) is 0 Å². The SMILES string of the molecule is C[C@@]1(C(=O)O)CCN(C(=O)c2coc(-c3ccccc3)n2)C1. The zero-order valence-corrected chi connectivity index (χ0v) is 12.2. The van der Waals surface area contributed by atoms with Gasteiger partial charge in [-0.3, -0.25) is 9.59 Å². The molecule has 0 aliphatic carbocycles. The van der Waals surface area contributed by atoms with Crippen molar-refractivity contribution in [2.75, 3.05) is 13.1 Å². The van der Waals surface area contributed by atoms with E-state index in [2.05, 4.69) is 4.98 Å². The summed E-state index contributed by atoms with van der Waals surface area (Å²) in [4.78, 5) is 29.4. The van der Waals surface area contributed by atoms with E-state index in [4.69, 9.17) is 4.42 Å². The van der Waals surface area contributed by atoms with Gasteiger partial charge in [-0.25, -0.2) is 4.98 Å². The minimum atomic E-state index is -0.887. The minimum Gasteiger partial charge on any atom is -0.481 e. The summed E-state index contributed by atoms with van der Waals surface area (Å²) in [6.07, 6.45) is 1.76. The minimum absolute atomic E-state index is 0.189. The standard InChI is InChI=1S/C16H16N2O4/c1-16(15(20)21)7-8-18(10-16)14(19)12-9-22-13(17-12)11-5-3-2-4-6-11/h2-6,9H,7-8,10H2,1H3,(H,20,21)/t16-/m1/s1. The summed E-state index contributed by atoms with van der Waals surface area (Å²) in [5.74, 6) is -0.798. The highest BCUT2D eigenvalue weighted by atomic mass is 16.4. The molecule has 1 aromatic carbocycles. The van der Waals surface area contributed by atoms with Gasteiger partial charge in [-0.05, 0) is 25.5 Å². The zero-order valence-electron chi connectivity index (χ0n) is 12.2. The monoisotopic (exact) mass is 300 g/mol. The highest BCUT2D eigenvalue weighted by Gasteiger charge is 2.42. The third-order valence-electron chi connectivity index (χ3n) is 4.02. The van der Waals surface area contributed by atoms with Crippen LogP contribution in [0.5, 0.6) is 0 Å². The van der Waals surface area contributed by atoms with Crippen LogP contribution in [0.15, 0.2) is 41.0 Å². The molecule has 2 aromatic rings. The van der Waals surface area contributed by atoms with Gasteiger partial charge in [0.1, 0.15) is 6.26 Å². The van der Waals surface area contributed by atoms with Crippen LogP contribution in [-0.4, -0.2) is 40.0 Å². The Balaban J connectivity index is 1.77. The molecule has 1 saturated heterocycles. The topological polar surface area (TPSA) is 83.6 Å². The number of nitrogens with zero attached hydrogens (tertiary/aromatic N) is 2. The first-order valence-corrected chi connectivity index (χ1v) is 7.03. The van der Waals surface area contributed by atoms with Crippen molar-refractivity contribution in [2.45, 2.75) is 13.3 Å². The molecule has 0 saturated carbocycles. The largest absolute Gasteiger partial charge is 0.481 e. The fourth-order valence-corrected chi connectivity index (χ4v) is 2.56. The normalized spacial score (nSPS) is 21.0. The quantitative estimate of drug-likeness (QED) is 0.940. The summed E-state index contributed by atoms with van der Waals surface area (Å²) in [6, 6.07) is 9.30. The number of carbonyl (C=O) groups is 2. The Kier molecular flexibility index (Phi) is 3.44. The summed E-state index contributed by atoms with van der Waals surface area (Å²) in [6.45, 7) is 2.25. The summed E-state index contributed by atoms with van der Waals surface area (Å²) < 4.78 is 5.36. The van der Waals surface area contributed by atoms with Crippen LogP contribution in [-0.2, 0) is 4.79 Å². The van der Waals surface area contributed by atoms with Gasteiger partial charge in [0, 0.05) is 18.7 Å². The number of carboxylic acids is 1. The molecule has 0 radical (unpaired) electrons. The molecule has 6 heteroatoms. The summed E-state index contributed by atoms with van der Waals surface area (Å²) >= 11 is 0. The molecular formula is C16H16N2O4. The maximum atomic E-state index is 12.4. The molecule has 1 aromatic heterocycles. The average Bonchev–Trinajstić information content (AvgIpc) is 3.15. The number of rotatable bonds is 3. The molecule has 1 aliphatic rings. The predicted octanol–water partition coefficient (Wildman–Crippen LogP) is 2.28. The van der Waals surface area contributed by atoms with E-state index in [1.165, 1.54) is 11.2 Å². The second kappa shape index (κ2) is 5.29. The molecule has 6 nitrogen and oxygen atoms in total. The molecule has 22 heavy (non-hydrogen) atoms. The number of aliphatic carboxylic acids is 1. The highest BCUT2D eigenvalue weighted by molar-refractivity contribution is 5.93. The van der Waals surface area contributed by atoms with E-state index in [0.29, 0.717) is 18.9 Å². The second-order valence-corrected chi connectivity index (χ2v) is 5.75. The van der Waals surface area contributed by atoms with Crippen molar-refractivity contribution in [3.05, 3.63) is 42.3 Å². The van der Waals surface area contributed by atoms with Gasteiger partial charge >= 0.3 is 5.97 Å². The molecule has 1 atom stereocenters. The van der Waals surface area contributed by atoms with E-state index >= 15 is 0 Å². The van der Waals surface area contributed by atoms with E-state index in [-0.39, 0.29) is 18.1 Å². The van der Waals surface area contributed by atoms with Crippen LogP contribution >= 0.6 is 0 Å². The Morgan fingerprint density at radius 2 is 2.05 bits per heavy atom. The highest BCUT2D eigenvalue weighted by Crippen LogP contribution is 2.31. The third-order valence-corrected chi connectivity index (χ3v) is 4.02. The Bertz CT molecular complexity index is 710. The van der Waals surface area contributed by atoms with E-state index in [1.807, 2.05) is 30.3 Å². The Morgan fingerprint density at radius 1 is 1.32 bits per heavy atom. The summed E-state index contributed by atoms with van der Waals surface area (Å²) in [5.41, 5.74) is 0.105. The van der Waals surface area contributed by atoms with Crippen molar-refractivity contribution < 1.29 is 19.1 Å². The molecule has 1 fully saturated rings. The molecule has 0 spiro atoms. The smallest absolute Gasteiger partial charge is 0.311 e. The van der Waals surface area contributed by atoms with E-state index in [0.717, 1.165) is 5.56 Å². The molecule has 0 unspecified atom stereocenters. The first-order valence-electron chi connectivity index (χ1n) is 7.03. The zero-order chi connectivity index (χ0) is 15.7. The van der Waals surface area contributed by atoms with Crippen LogP contribution in [0.25, 0.3) is 11.5 Å². The molecule has 1 N–H and O–H groups in total. The Hall–Kier alpha value is -2.63. The van der Waals surface area contributed by atoms with Crippen molar-refractivity contribution in [1.29, 1.82) is 0 Å². The lowest BCUT2D eigenvalue weighted by Gasteiger charge is -2.19. The van der Waals surface area contributed by atoms with Gasteiger partial charge < -0.3 is 14.4 Å². The molecule has 1 aliphatic heterocycles. The van der Waals surface area contributed by atoms with E-state index in [1.54, 1.807) is 6.92 Å². The van der Waals surface area contributed by atoms with E-state index < -0.39 is 11.4 Å². The maximum Gasteiger partial charge on any atom is 0.311 e. The number of benzene rings is 1. The first-order chi connectivity index (χ1) is 10.5. The van der Waals surface area contributed by atoms with Crippen molar-refractivity contribution >= 4 is 11.9 Å². The number of hydrogen-bond donors (Lipinski definition) is 1. The summed E-state index contributed by atoms with van der Waals surface area (Å²) in [5, 5.41) is 9.22. The lowest BCUT2D eigenvalue weighted by Crippen LogP contribution is -2.35. The van der Waals surface area contributed by atoms with Gasteiger partial charge in [-0.15, -0.1) is 0 Å². The van der Waals surface area contributed by atoms with Gasteiger partial charge in [-0.2, -0.15) is 0 Å². The lowest BCUT2D eigenvalue weighted by atomic mass is 9.90. The number of likely N-dealkylation sites (tertiary alicyclic amines) is 1. The van der Waals surface area contributed by atoms with Crippen LogP contribution in [0.2, 0.25) is 0 Å². The van der Waals surface area contributed by atoms with E-state index in [9.17, 15) is 14.7 Å². The fourth-order valence-electron chi connectivity index (χ4n) is 2.56. The summed E-state index contributed by atoms with van der Waals surface area (Å²) in [7, 11) is 0. The maximum absolute atomic E-state index is 12.4. The number of carboxylic acid groups (broad SMARTS) is 1. The third kappa shape index (κ3) is 2.47. The predicted molar refractivity (Wildman–Crippen MR) is 78.2 cm³/mol. The Morgan fingerprint density at radius 3 is 2.68 bits per heavy atom. The van der Waals surface area contributed by atoms with Crippen LogP contribution < -0.4 is 0 Å². The first kappa shape index (κ1) is 14.3. The molecule has 0 bridgehead atoms. The van der Waals surface area contributed by atoms with Gasteiger partial charge in [0.05, 0.1) is 5.41 Å². The average molecular weight is 300 g/mol. The Labute approximate surface area is 127 Å². The fraction of sp³-hybridized carbons (Fsp3) is 0.312. The van der Waals surface area contributed by atoms with Gasteiger partial charge in [0.15, 0.2) is 5.69 Å². The van der Waals surface area contributed by atoms with Crippen molar-refractivity contribution in [2.24, 2.45) is 5.41 Å². The molecule has 2 heterocycles. The molecule has 114 valence electrons. The van der Waals surface area contributed by atoms with Gasteiger partial charge in [0.2, 0.25) is 5.89 Å². The van der Waals surface area contributed by atoms with Crippen molar-refractivity contribution in [3.63, 3.8) is 0 Å².